The summed E-state index contributed by atoms with van der Waals surface area (Å²) in [7, 11) is 3.47. The number of hydrogen-bond acceptors (Lipinski definition) is 3. The lowest BCUT2D eigenvalue weighted by molar-refractivity contribution is 0.0646. The monoisotopic (exact) mass is 369 g/mol. The van der Waals surface area contributed by atoms with Crippen LogP contribution in [0.3, 0.4) is 0 Å². The van der Waals surface area contributed by atoms with Crippen LogP contribution in [0.1, 0.15) is 30.6 Å². The molecule has 1 unspecified atom stereocenters. The zero-order valence-electron chi connectivity index (χ0n) is 16.6. The topological polar surface area (TPSA) is 54.9 Å². The Hall–Kier alpha value is -2.53. The Morgan fingerprint density at radius 1 is 1.04 bits per heavy atom. The summed E-state index contributed by atoms with van der Waals surface area (Å²) in [5.74, 6) is 1.70. The van der Waals surface area contributed by atoms with Crippen molar-refractivity contribution in [1.82, 2.24) is 10.6 Å². The maximum Gasteiger partial charge on any atom is 0.190 e. The zero-order chi connectivity index (χ0) is 19.3. The number of ether oxygens (including phenoxy) is 2. The number of rotatable bonds is 10. The van der Waals surface area contributed by atoms with Crippen molar-refractivity contribution < 1.29 is 9.47 Å². The third-order valence-corrected chi connectivity index (χ3v) is 4.31. The first-order chi connectivity index (χ1) is 13.2. The van der Waals surface area contributed by atoms with Gasteiger partial charge < -0.3 is 20.1 Å². The molecule has 0 radical (unpaired) electrons. The van der Waals surface area contributed by atoms with E-state index in [1.165, 1.54) is 11.1 Å². The largest absolute Gasteiger partial charge is 0.497 e. The van der Waals surface area contributed by atoms with Gasteiger partial charge in [0.2, 0.25) is 0 Å². The van der Waals surface area contributed by atoms with Gasteiger partial charge in [0.15, 0.2) is 5.96 Å². The summed E-state index contributed by atoms with van der Waals surface area (Å²) in [5, 5.41) is 6.66. The van der Waals surface area contributed by atoms with E-state index in [0.29, 0.717) is 6.61 Å². The molecule has 146 valence electrons. The molecule has 0 saturated carbocycles. The lowest BCUT2D eigenvalue weighted by Crippen LogP contribution is -2.39. The molecule has 2 rings (SSSR count). The van der Waals surface area contributed by atoms with Gasteiger partial charge in [-0.15, -0.1) is 0 Å². The highest BCUT2D eigenvalue weighted by molar-refractivity contribution is 5.79. The van der Waals surface area contributed by atoms with Gasteiger partial charge in [0.25, 0.3) is 0 Å². The molecule has 0 spiro atoms. The van der Waals surface area contributed by atoms with Crippen LogP contribution in [-0.2, 0) is 11.2 Å². The van der Waals surface area contributed by atoms with E-state index in [2.05, 4.69) is 46.8 Å². The molecule has 0 aliphatic rings. The maximum absolute atomic E-state index is 5.89. The zero-order valence-corrected chi connectivity index (χ0v) is 16.6. The van der Waals surface area contributed by atoms with Crippen LogP contribution in [0.4, 0.5) is 0 Å². The second kappa shape index (κ2) is 12.0. The standard InChI is InChI=1S/C22H31N3O2/c1-18(20-10-5-4-6-11-20)27-16-8-14-24-22(23-2)25-15-13-19-9-7-12-21(17-19)26-3/h4-7,9-12,17-18H,8,13-16H2,1-3H3,(H2,23,24,25). The molecule has 2 aromatic rings. The lowest BCUT2D eigenvalue weighted by atomic mass is 10.1. The van der Waals surface area contributed by atoms with Gasteiger partial charge in [-0.2, -0.15) is 0 Å². The average molecular weight is 370 g/mol. The normalized spacial score (nSPS) is 12.5. The first-order valence-electron chi connectivity index (χ1n) is 9.47. The second-order valence-corrected chi connectivity index (χ2v) is 6.30. The minimum atomic E-state index is 0.117. The molecule has 0 aliphatic carbocycles. The first-order valence-corrected chi connectivity index (χ1v) is 9.47. The van der Waals surface area contributed by atoms with Crippen LogP contribution in [0.2, 0.25) is 0 Å². The number of hydrogen-bond donors (Lipinski definition) is 2. The second-order valence-electron chi connectivity index (χ2n) is 6.30. The van der Waals surface area contributed by atoms with E-state index in [0.717, 1.165) is 37.6 Å². The quantitative estimate of drug-likeness (QED) is 0.382. The fourth-order valence-electron chi connectivity index (χ4n) is 2.73. The molecule has 1 atom stereocenters. The van der Waals surface area contributed by atoms with Crippen molar-refractivity contribution >= 4 is 5.96 Å². The summed E-state index contributed by atoms with van der Waals surface area (Å²) in [6.45, 7) is 4.43. The Morgan fingerprint density at radius 3 is 2.56 bits per heavy atom. The van der Waals surface area contributed by atoms with Crippen molar-refractivity contribution in [3.05, 3.63) is 65.7 Å². The van der Waals surface area contributed by atoms with Crippen molar-refractivity contribution in [1.29, 1.82) is 0 Å². The van der Waals surface area contributed by atoms with Crippen molar-refractivity contribution in [2.75, 3.05) is 33.9 Å². The highest BCUT2D eigenvalue weighted by atomic mass is 16.5. The Kier molecular flexibility index (Phi) is 9.21. The molecule has 5 nitrogen and oxygen atoms in total. The molecule has 2 aromatic carbocycles. The van der Waals surface area contributed by atoms with E-state index in [4.69, 9.17) is 9.47 Å². The van der Waals surface area contributed by atoms with Crippen molar-refractivity contribution in [3.8, 4) is 5.75 Å². The molecule has 0 aliphatic heterocycles. The molecular weight excluding hydrogens is 338 g/mol. The maximum atomic E-state index is 5.89. The summed E-state index contributed by atoms with van der Waals surface area (Å²) in [4.78, 5) is 4.26. The highest BCUT2D eigenvalue weighted by Crippen LogP contribution is 2.15. The van der Waals surface area contributed by atoms with E-state index >= 15 is 0 Å². The smallest absolute Gasteiger partial charge is 0.190 e. The molecule has 0 fully saturated rings. The number of methoxy groups -OCH3 is 1. The minimum absolute atomic E-state index is 0.117. The molecule has 27 heavy (non-hydrogen) atoms. The molecular formula is C22H31N3O2. The number of aliphatic imine (C=N–C) groups is 1. The number of nitrogens with one attached hydrogen (secondary N) is 2. The van der Waals surface area contributed by atoms with Gasteiger partial charge in [0.1, 0.15) is 5.75 Å². The summed E-state index contributed by atoms with van der Waals surface area (Å²) >= 11 is 0. The van der Waals surface area contributed by atoms with Gasteiger partial charge in [-0.25, -0.2) is 0 Å². The third kappa shape index (κ3) is 7.71. The van der Waals surface area contributed by atoms with Gasteiger partial charge >= 0.3 is 0 Å². The van der Waals surface area contributed by atoms with Crippen LogP contribution < -0.4 is 15.4 Å². The van der Waals surface area contributed by atoms with E-state index in [1.54, 1.807) is 14.2 Å². The predicted octanol–water partition coefficient (Wildman–Crippen LogP) is 3.57. The molecule has 0 bridgehead atoms. The molecule has 0 saturated heterocycles. The van der Waals surface area contributed by atoms with Gasteiger partial charge in [-0.1, -0.05) is 42.5 Å². The lowest BCUT2D eigenvalue weighted by Gasteiger charge is -2.15. The van der Waals surface area contributed by atoms with Gasteiger partial charge in [0, 0.05) is 26.7 Å². The molecule has 0 amide bonds. The number of guanidine groups is 1. The Labute approximate surface area is 162 Å². The van der Waals surface area contributed by atoms with E-state index < -0.39 is 0 Å². The van der Waals surface area contributed by atoms with Gasteiger partial charge in [0.05, 0.1) is 13.2 Å². The van der Waals surface area contributed by atoms with Crippen molar-refractivity contribution in [2.45, 2.75) is 25.9 Å². The Morgan fingerprint density at radius 2 is 1.81 bits per heavy atom. The summed E-state index contributed by atoms with van der Waals surface area (Å²) in [5.41, 5.74) is 2.45. The van der Waals surface area contributed by atoms with Crippen LogP contribution in [-0.4, -0.2) is 39.8 Å². The predicted molar refractivity (Wildman–Crippen MR) is 111 cm³/mol. The summed E-state index contributed by atoms with van der Waals surface area (Å²) in [6, 6.07) is 18.4. The van der Waals surface area contributed by atoms with E-state index in [-0.39, 0.29) is 6.10 Å². The van der Waals surface area contributed by atoms with Crippen molar-refractivity contribution in [2.24, 2.45) is 4.99 Å². The number of nitrogens with zero attached hydrogens (tertiary/aromatic N) is 1. The SMILES string of the molecule is CN=C(NCCCOC(C)c1ccccc1)NCCc1cccc(OC)c1. The van der Waals surface area contributed by atoms with E-state index in [1.807, 2.05) is 30.3 Å². The fourth-order valence-corrected chi connectivity index (χ4v) is 2.73. The molecule has 5 heteroatoms. The first kappa shape index (κ1) is 20.8. The van der Waals surface area contributed by atoms with Crippen LogP contribution in [0.25, 0.3) is 0 Å². The van der Waals surface area contributed by atoms with Crippen LogP contribution >= 0.6 is 0 Å². The van der Waals surface area contributed by atoms with Gasteiger partial charge in [-0.05, 0) is 43.0 Å². The molecule has 0 aromatic heterocycles. The van der Waals surface area contributed by atoms with E-state index in [9.17, 15) is 0 Å². The van der Waals surface area contributed by atoms with Crippen LogP contribution in [0, 0.1) is 0 Å². The minimum Gasteiger partial charge on any atom is -0.497 e. The van der Waals surface area contributed by atoms with Crippen LogP contribution in [0.5, 0.6) is 5.75 Å². The molecule has 0 heterocycles. The average Bonchev–Trinajstić information content (AvgIpc) is 2.72. The third-order valence-electron chi connectivity index (χ3n) is 4.31. The van der Waals surface area contributed by atoms with Gasteiger partial charge in [-0.3, -0.25) is 4.99 Å². The Bertz CT molecular complexity index is 689. The highest BCUT2D eigenvalue weighted by Gasteiger charge is 2.04. The fraction of sp³-hybridized carbons (Fsp3) is 0.409. The summed E-state index contributed by atoms with van der Waals surface area (Å²) in [6.07, 6.45) is 1.95. The van der Waals surface area contributed by atoms with Crippen LogP contribution in [0.15, 0.2) is 59.6 Å². The van der Waals surface area contributed by atoms with Crippen molar-refractivity contribution in [3.63, 3.8) is 0 Å². The molecule has 2 N–H and O–H groups in total. The summed E-state index contributed by atoms with van der Waals surface area (Å²) < 4.78 is 11.1. The number of benzene rings is 2. The Balaban J connectivity index is 1.60.